The van der Waals surface area contributed by atoms with Gasteiger partial charge in [0, 0.05) is 12.1 Å². The summed E-state index contributed by atoms with van der Waals surface area (Å²) in [6, 6.07) is 0. The third-order valence-corrected chi connectivity index (χ3v) is 7.29. The molecule has 1 saturated heterocycles. The number of hydrazine groups is 1. The molecular formula is C29H57N3O4. The van der Waals surface area contributed by atoms with Gasteiger partial charge >= 0.3 is 5.97 Å². The van der Waals surface area contributed by atoms with Crippen molar-refractivity contribution >= 4 is 5.97 Å². The Hall–Kier alpha value is -1.31. The number of nitrogens with zero attached hydrogens (tertiary/aromatic N) is 1. The van der Waals surface area contributed by atoms with E-state index in [1.807, 2.05) is 6.92 Å². The van der Waals surface area contributed by atoms with Crippen LogP contribution < -0.4 is 11.6 Å². The molecule has 1 aliphatic heterocycles. The Morgan fingerprint density at radius 1 is 1.00 bits per heavy atom. The van der Waals surface area contributed by atoms with E-state index < -0.39 is 17.2 Å². The van der Waals surface area contributed by atoms with Crippen LogP contribution in [0.3, 0.4) is 0 Å². The van der Waals surface area contributed by atoms with Crippen molar-refractivity contribution in [3.05, 3.63) is 11.4 Å². The molecule has 1 aliphatic rings. The molecule has 1 fully saturated rings. The zero-order chi connectivity index (χ0) is 26.9. The molecule has 5 N–H and O–H groups in total. The van der Waals surface area contributed by atoms with Crippen LogP contribution in [0.15, 0.2) is 11.4 Å². The normalized spacial score (nSPS) is 20.1. The molecular weight excluding hydrogens is 454 g/mol. The van der Waals surface area contributed by atoms with Crippen molar-refractivity contribution < 1.29 is 19.4 Å². The van der Waals surface area contributed by atoms with Gasteiger partial charge in [-0.15, -0.1) is 0 Å². The maximum absolute atomic E-state index is 11.0. The second-order valence-corrected chi connectivity index (χ2v) is 11.4. The first kappa shape index (κ1) is 32.7. The molecule has 0 aromatic rings. The fourth-order valence-corrected chi connectivity index (χ4v) is 5.13. The number of unbranched alkanes of at least 4 members (excludes halogenated alkanes) is 13. The molecule has 0 spiro atoms. The van der Waals surface area contributed by atoms with Gasteiger partial charge in [-0.25, -0.2) is 5.84 Å². The molecule has 0 radical (unpaired) electrons. The highest BCUT2D eigenvalue weighted by molar-refractivity contribution is 5.67. The number of ether oxygens (including phenoxy) is 2. The predicted octanol–water partition coefficient (Wildman–Crippen LogP) is 6.65. The van der Waals surface area contributed by atoms with Crippen molar-refractivity contribution in [2.45, 2.75) is 148 Å². The maximum Gasteiger partial charge on any atom is 0.306 e. The summed E-state index contributed by atoms with van der Waals surface area (Å²) in [7, 11) is 0. The number of carboxylic acid groups (broad SMARTS) is 1. The molecule has 0 aromatic carbocycles. The van der Waals surface area contributed by atoms with E-state index in [2.05, 4.69) is 6.92 Å². The topological polar surface area (TPSA) is 111 Å². The number of rotatable bonds is 21. The van der Waals surface area contributed by atoms with Crippen LogP contribution in [0.5, 0.6) is 0 Å². The van der Waals surface area contributed by atoms with Crippen LogP contribution in [0.1, 0.15) is 137 Å². The molecule has 1 rings (SSSR count). The summed E-state index contributed by atoms with van der Waals surface area (Å²) in [4.78, 5) is 11.0. The number of allylic oxidation sites excluding steroid dienone is 1. The SMILES string of the molecule is CCCCCCCCCCCCCCCC/C(N)=C1/N(N)CCOC1(C)CCOC(C)(C)CC(=O)O. The summed E-state index contributed by atoms with van der Waals surface area (Å²) in [6.45, 7) is 9.38. The van der Waals surface area contributed by atoms with Crippen LogP contribution >= 0.6 is 0 Å². The summed E-state index contributed by atoms with van der Waals surface area (Å²) in [5, 5.41) is 10.8. The van der Waals surface area contributed by atoms with Crippen LogP contribution in [0.4, 0.5) is 0 Å². The van der Waals surface area contributed by atoms with Gasteiger partial charge in [0.05, 0.1) is 37.5 Å². The number of aliphatic carboxylic acids is 1. The van der Waals surface area contributed by atoms with E-state index in [9.17, 15) is 4.79 Å². The smallest absolute Gasteiger partial charge is 0.306 e. The highest BCUT2D eigenvalue weighted by Crippen LogP contribution is 2.33. The molecule has 1 unspecified atom stereocenters. The number of nitrogens with two attached hydrogens (primary N) is 2. The number of morpholine rings is 1. The van der Waals surface area contributed by atoms with Crippen molar-refractivity contribution in [2.24, 2.45) is 11.6 Å². The van der Waals surface area contributed by atoms with Crippen molar-refractivity contribution in [1.29, 1.82) is 0 Å². The lowest BCUT2D eigenvalue weighted by Crippen LogP contribution is -2.52. The first-order valence-electron chi connectivity index (χ1n) is 14.6. The number of carbonyl (C=O) groups is 1. The van der Waals surface area contributed by atoms with Gasteiger partial charge in [0.2, 0.25) is 0 Å². The van der Waals surface area contributed by atoms with Crippen molar-refractivity contribution in [3.63, 3.8) is 0 Å². The summed E-state index contributed by atoms with van der Waals surface area (Å²) in [6.07, 6.45) is 20.0. The van der Waals surface area contributed by atoms with E-state index in [4.69, 9.17) is 26.2 Å². The molecule has 0 aliphatic carbocycles. The molecule has 1 atom stereocenters. The van der Waals surface area contributed by atoms with E-state index in [-0.39, 0.29) is 6.42 Å². The molecule has 0 bridgehead atoms. The standard InChI is InChI=1S/C29H57N3O4/c1-5-6-7-8-9-10-11-12-13-14-15-16-17-18-19-25(30)27-29(4,36-23-21-32(27)31)20-22-35-28(2,3)24-26(33)34/h5-24,30-31H2,1-4H3,(H,33,34)/b27-25-. The van der Waals surface area contributed by atoms with E-state index >= 15 is 0 Å². The van der Waals surface area contributed by atoms with Crippen molar-refractivity contribution in [3.8, 4) is 0 Å². The highest BCUT2D eigenvalue weighted by atomic mass is 16.5. The summed E-state index contributed by atoms with van der Waals surface area (Å²) in [5.41, 5.74) is 6.82. The fraction of sp³-hybridized carbons (Fsp3) is 0.897. The Bertz CT molecular complexity index is 638. The van der Waals surface area contributed by atoms with E-state index in [1.54, 1.807) is 18.9 Å². The minimum absolute atomic E-state index is 0.0441. The lowest BCUT2D eigenvalue weighted by atomic mass is 9.92. The van der Waals surface area contributed by atoms with Gasteiger partial charge in [0.25, 0.3) is 0 Å². The van der Waals surface area contributed by atoms with Crippen LogP contribution in [0, 0.1) is 0 Å². The second-order valence-electron chi connectivity index (χ2n) is 11.4. The summed E-state index contributed by atoms with van der Waals surface area (Å²) in [5.74, 6) is 5.46. The highest BCUT2D eigenvalue weighted by Gasteiger charge is 2.38. The molecule has 36 heavy (non-hydrogen) atoms. The molecule has 0 aromatic heterocycles. The third kappa shape index (κ3) is 13.8. The zero-order valence-electron chi connectivity index (χ0n) is 23.9. The molecule has 0 saturated carbocycles. The fourth-order valence-electron chi connectivity index (χ4n) is 5.13. The maximum atomic E-state index is 11.0. The van der Waals surface area contributed by atoms with Crippen LogP contribution in [-0.4, -0.2) is 47.0 Å². The quantitative estimate of drug-likeness (QED) is 0.117. The largest absolute Gasteiger partial charge is 0.481 e. The average Bonchev–Trinajstić information content (AvgIpc) is 2.78. The minimum Gasteiger partial charge on any atom is -0.481 e. The molecule has 1 heterocycles. The Morgan fingerprint density at radius 3 is 2.00 bits per heavy atom. The molecule has 212 valence electrons. The van der Waals surface area contributed by atoms with E-state index in [0.29, 0.717) is 26.2 Å². The number of hydrogen-bond acceptors (Lipinski definition) is 6. The third-order valence-electron chi connectivity index (χ3n) is 7.29. The Morgan fingerprint density at radius 2 is 1.50 bits per heavy atom. The van der Waals surface area contributed by atoms with Gasteiger partial charge in [0.1, 0.15) is 5.60 Å². The Balaban J connectivity index is 2.31. The van der Waals surface area contributed by atoms with Crippen LogP contribution in [0.25, 0.3) is 0 Å². The second kappa shape index (κ2) is 18.0. The van der Waals surface area contributed by atoms with Gasteiger partial charge in [0.15, 0.2) is 0 Å². The van der Waals surface area contributed by atoms with E-state index in [0.717, 1.165) is 24.2 Å². The minimum atomic E-state index is -0.869. The average molecular weight is 512 g/mol. The Labute approximate surface area is 221 Å². The van der Waals surface area contributed by atoms with Crippen molar-refractivity contribution in [1.82, 2.24) is 5.01 Å². The lowest BCUT2D eigenvalue weighted by molar-refractivity contribution is -0.145. The molecule has 7 nitrogen and oxygen atoms in total. The van der Waals surface area contributed by atoms with Gasteiger partial charge < -0.3 is 25.3 Å². The van der Waals surface area contributed by atoms with Crippen LogP contribution in [0.2, 0.25) is 0 Å². The van der Waals surface area contributed by atoms with Gasteiger partial charge in [-0.1, -0.05) is 90.4 Å². The van der Waals surface area contributed by atoms with Crippen LogP contribution in [-0.2, 0) is 14.3 Å². The molecule has 7 heteroatoms. The zero-order valence-corrected chi connectivity index (χ0v) is 23.9. The van der Waals surface area contributed by atoms with E-state index in [1.165, 1.54) is 83.5 Å². The first-order chi connectivity index (χ1) is 17.1. The number of hydrogen-bond donors (Lipinski definition) is 3. The van der Waals surface area contributed by atoms with Crippen molar-refractivity contribution in [2.75, 3.05) is 19.8 Å². The lowest BCUT2D eigenvalue weighted by Gasteiger charge is -2.43. The van der Waals surface area contributed by atoms with Gasteiger partial charge in [-0.2, -0.15) is 0 Å². The van der Waals surface area contributed by atoms with Gasteiger partial charge in [-0.05, 0) is 33.6 Å². The predicted molar refractivity (Wildman–Crippen MR) is 148 cm³/mol. The summed E-state index contributed by atoms with van der Waals surface area (Å²) >= 11 is 0. The summed E-state index contributed by atoms with van der Waals surface area (Å²) < 4.78 is 12.0. The number of carboxylic acids is 1. The Kier molecular flexibility index (Phi) is 16.4. The molecule has 0 amide bonds. The monoisotopic (exact) mass is 511 g/mol. The first-order valence-corrected chi connectivity index (χ1v) is 14.6. The van der Waals surface area contributed by atoms with Gasteiger partial charge in [-0.3, -0.25) is 4.79 Å².